The van der Waals surface area contributed by atoms with Crippen LogP contribution in [0, 0.1) is 12.3 Å². The molecule has 0 saturated heterocycles. The monoisotopic (exact) mass is 231 g/mol. The van der Waals surface area contributed by atoms with Crippen molar-refractivity contribution in [2.24, 2.45) is 0 Å². The molecule has 0 heterocycles. The Kier molecular flexibility index (Phi) is 5.59. The Bertz CT molecular complexity index is 381. The van der Waals surface area contributed by atoms with E-state index in [1.54, 1.807) is 0 Å². The summed E-state index contributed by atoms with van der Waals surface area (Å²) in [6.45, 7) is 5.61. The zero-order chi connectivity index (χ0) is 12.7. The van der Waals surface area contributed by atoms with E-state index in [4.69, 9.17) is 6.42 Å². The lowest BCUT2D eigenvalue weighted by Crippen LogP contribution is -2.25. The number of benzene rings is 1. The molecule has 2 heteroatoms. The Morgan fingerprint density at radius 1 is 1.35 bits per heavy atom. The predicted molar refractivity (Wildman–Crippen MR) is 73.0 cm³/mol. The summed E-state index contributed by atoms with van der Waals surface area (Å²) in [6, 6.07) is 7.95. The molecule has 0 saturated carbocycles. The standard InChI is InChI=1S/C15H21NO/c1-4-11-16(12-5-2)14-10-8-7-9-13(14)15(17)6-3/h1,7-10,15,17H,5-6,11-12H2,2-3H3. The van der Waals surface area contributed by atoms with Crippen LogP contribution in [0.3, 0.4) is 0 Å². The van der Waals surface area contributed by atoms with Crippen LogP contribution in [0.5, 0.6) is 0 Å². The molecular weight excluding hydrogens is 210 g/mol. The molecule has 0 fully saturated rings. The molecule has 0 aromatic heterocycles. The number of rotatable bonds is 6. The molecule has 1 N–H and O–H groups in total. The van der Waals surface area contributed by atoms with E-state index >= 15 is 0 Å². The number of hydrogen-bond donors (Lipinski definition) is 1. The molecule has 0 radical (unpaired) electrons. The van der Waals surface area contributed by atoms with Crippen molar-refractivity contribution in [1.82, 2.24) is 0 Å². The lowest BCUT2D eigenvalue weighted by atomic mass is 10.0. The highest BCUT2D eigenvalue weighted by Crippen LogP contribution is 2.28. The van der Waals surface area contributed by atoms with Crippen LogP contribution in [0.15, 0.2) is 24.3 Å². The second-order valence-corrected chi connectivity index (χ2v) is 4.11. The van der Waals surface area contributed by atoms with E-state index in [0.717, 1.165) is 24.2 Å². The molecule has 0 bridgehead atoms. The van der Waals surface area contributed by atoms with Gasteiger partial charge in [-0.05, 0) is 18.9 Å². The van der Waals surface area contributed by atoms with Crippen LogP contribution in [-0.2, 0) is 0 Å². The number of anilines is 1. The Balaban J connectivity index is 3.05. The van der Waals surface area contributed by atoms with Gasteiger partial charge in [0.25, 0.3) is 0 Å². The maximum Gasteiger partial charge on any atom is 0.0807 e. The van der Waals surface area contributed by atoms with Crippen LogP contribution in [0.1, 0.15) is 38.4 Å². The molecule has 0 aliphatic rings. The minimum atomic E-state index is -0.414. The lowest BCUT2D eigenvalue weighted by Gasteiger charge is -2.26. The van der Waals surface area contributed by atoms with Gasteiger partial charge in [-0.1, -0.05) is 38.0 Å². The van der Waals surface area contributed by atoms with E-state index in [1.165, 1.54) is 0 Å². The topological polar surface area (TPSA) is 23.5 Å². The number of hydrogen-bond acceptors (Lipinski definition) is 2. The fourth-order valence-corrected chi connectivity index (χ4v) is 1.94. The third-order valence-electron chi connectivity index (χ3n) is 2.80. The Hall–Kier alpha value is -1.46. The molecule has 1 rings (SSSR count). The molecule has 1 unspecified atom stereocenters. The minimum absolute atomic E-state index is 0.414. The van der Waals surface area contributed by atoms with Gasteiger partial charge in [0, 0.05) is 17.8 Å². The van der Waals surface area contributed by atoms with E-state index in [2.05, 4.69) is 17.7 Å². The predicted octanol–water partition coefficient (Wildman–Crippen LogP) is 2.98. The van der Waals surface area contributed by atoms with Gasteiger partial charge in [0.1, 0.15) is 0 Å². The normalized spacial score (nSPS) is 11.9. The molecule has 17 heavy (non-hydrogen) atoms. The van der Waals surface area contributed by atoms with Crippen LogP contribution in [0.25, 0.3) is 0 Å². The van der Waals surface area contributed by atoms with Gasteiger partial charge in [-0.2, -0.15) is 0 Å². The summed E-state index contributed by atoms with van der Waals surface area (Å²) in [6.07, 6.45) is 6.74. The summed E-state index contributed by atoms with van der Waals surface area (Å²) < 4.78 is 0. The molecule has 0 aliphatic heterocycles. The lowest BCUT2D eigenvalue weighted by molar-refractivity contribution is 0.174. The zero-order valence-electron chi connectivity index (χ0n) is 10.7. The van der Waals surface area contributed by atoms with E-state index in [1.807, 2.05) is 31.2 Å². The largest absolute Gasteiger partial charge is 0.388 e. The zero-order valence-corrected chi connectivity index (χ0v) is 10.7. The quantitative estimate of drug-likeness (QED) is 0.761. The first-order chi connectivity index (χ1) is 8.24. The summed E-state index contributed by atoms with van der Waals surface area (Å²) in [4.78, 5) is 2.15. The molecule has 1 aromatic rings. The summed E-state index contributed by atoms with van der Waals surface area (Å²) >= 11 is 0. The van der Waals surface area contributed by atoms with Crippen LogP contribution in [-0.4, -0.2) is 18.2 Å². The Morgan fingerprint density at radius 3 is 2.65 bits per heavy atom. The van der Waals surface area contributed by atoms with Crippen LogP contribution < -0.4 is 4.90 Å². The van der Waals surface area contributed by atoms with Crippen molar-refractivity contribution in [3.63, 3.8) is 0 Å². The Morgan fingerprint density at radius 2 is 2.06 bits per heavy atom. The van der Waals surface area contributed by atoms with Gasteiger partial charge >= 0.3 is 0 Å². The maximum absolute atomic E-state index is 10.0. The van der Waals surface area contributed by atoms with Crippen LogP contribution in [0.2, 0.25) is 0 Å². The van der Waals surface area contributed by atoms with Gasteiger partial charge in [0.15, 0.2) is 0 Å². The van der Waals surface area contributed by atoms with Crippen molar-refractivity contribution in [2.75, 3.05) is 18.0 Å². The third kappa shape index (κ3) is 3.51. The maximum atomic E-state index is 10.0. The minimum Gasteiger partial charge on any atom is -0.388 e. The summed E-state index contributed by atoms with van der Waals surface area (Å²) in [7, 11) is 0. The molecule has 1 atom stereocenters. The second-order valence-electron chi connectivity index (χ2n) is 4.11. The highest BCUT2D eigenvalue weighted by atomic mass is 16.3. The second kappa shape index (κ2) is 6.98. The number of nitrogens with zero attached hydrogens (tertiary/aromatic N) is 1. The van der Waals surface area contributed by atoms with Crippen molar-refractivity contribution in [3.8, 4) is 12.3 Å². The van der Waals surface area contributed by atoms with Crippen molar-refractivity contribution < 1.29 is 5.11 Å². The average Bonchev–Trinajstić information content (AvgIpc) is 2.37. The SMILES string of the molecule is C#CCN(CCC)c1ccccc1C(O)CC. The van der Waals surface area contributed by atoms with Crippen LogP contribution in [0.4, 0.5) is 5.69 Å². The van der Waals surface area contributed by atoms with Crippen molar-refractivity contribution in [1.29, 1.82) is 0 Å². The van der Waals surface area contributed by atoms with E-state index in [0.29, 0.717) is 13.0 Å². The molecule has 1 aromatic carbocycles. The van der Waals surface area contributed by atoms with Gasteiger partial charge in [-0.3, -0.25) is 0 Å². The fourth-order valence-electron chi connectivity index (χ4n) is 1.94. The first kappa shape index (κ1) is 13.6. The summed E-state index contributed by atoms with van der Waals surface area (Å²) in [5, 5.41) is 10.0. The summed E-state index contributed by atoms with van der Waals surface area (Å²) in [5.74, 6) is 2.68. The van der Waals surface area contributed by atoms with E-state index in [9.17, 15) is 5.11 Å². The highest BCUT2D eigenvalue weighted by molar-refractivity contribution is 5.55. The molecular formula is C15H21NO. The third-order valence-corrected chi connectivity index (χ3v) is 2.80. The summed E-state index contributed by atoms with van der Waals surface area (Å²) in [5.41, 5.74) is 2.03. The first-order valence-corrected chi connectivity index (χ1v) is 6.19. The van der Waals surface area contributed by atoms with Gasteiger partial charge in [-0.15, -0.1) is 6.42 Å². The van der Waals surface area contributed by atoms with Gasteiger partial charge in [-0.25, -0.2) is 0 Å². The van der Waals surface area contributed by atoms with E-state index in [-0.39, 0.29) is 0 Å². The fraction of sp³-hybridized carbons (Fsp3) is 0.467. The number of terminal acetylenes is 1. The molecule has 0 spiro atoms. The van der Waals surface area contributed by atoms with Gasteiger partial charge in [0.2, 0.25) is 0 Å². The number of para-hydroxylation sites is 1. The van der Waals surface area contributed by atoms with Gasteiger partial charge in [0.05, 0.1) is 12.6 Å². The molecule has 2 nitrogen and oxygen atoms in total. The average molecular weight is 231 g/mol. The van der Waals surface area contributed by atoms with E-state index < -0.39 is 6.10 Å². The van der Waals surface area contributed by atoms with Crippen molar-refractivity contribution in [3.05, 3.63) is 29.8 Å². The van der Waals surface area contributed by atoms with Crippen molar-refractivity contribution >= 4 is 5.69 Å². The molecule has 92 valence electrons. The molecule has 0 aliphatic carbocycles. The van der Waals surface area contributed by atoms with Crippen LogP contribution >= 0.6 is 0 Å². The highest BCUT2D eigenvalue weighted by Gasteiger charge is 2.14. The number of aliphatic hydroxyl groups excluding tert-OH is 1. The van der Waals surface area contributed by atoms with Crippen molar-refractivity contribution in [2.45, 2.75) is 32.8 Å². The molecule has 0 amide bonds. The number of aliphatic hydroxyl groups is 1. The first-order valence-electron chi connectivity index (χ1n) is 6.19. The van der Waals surface area contributed by atoms with Gasteiger partial charge < -0.3 is 10.0 Å². The smallest absolute Gasteiger partial charge is 0.0807 e. The Labute approximate surface area is 104 Å².